The van der Waals surface area contributed by atoms with Gasteiger partial charge in [-0.15, -0.1) is 0 Å². The number of hydrogen-bond acceptors (Lipinski definition) is 4. The van der Waals surface area contributed by atoms with Crippen molar-refractivity contribution in [1.82, 2.24) is 20.0 Å². The Morgan fingerprint density at radius 1 is 1.17 bits per heavy atom. The average Bonchev–Trinajstić information content (AvgIpc) is 3.03. The van der Waals surface area contributed by atoms with E-state index in [1.807, 2.05) is 0 Å². The van der Waals surface area contributed by atoms with E-state index in [0.29, 0.717) is 18.3 Å². The summed E-state index contributed by atoms with van der Waals surface area (Å²) in [5.41, 5.74) is 2.11. The van der Waals surface area contributed by atoms with Gasteiger partial charge in [0.05, 0.1) is 5.69 Å². The molecule has 1 aromatic rings. The Hall–Kier alpha value is -1.89. The summed E-state index contributed by atoms with van der Waals surface area (Å²) < 4.78 is 1.66. The van der Waals surface area contributed by atoms with E-state index in [0.717, 1.165) is 50.0 Å². The molecule has 24 heavy (non-hydrogen) atoms. The highest BCUT2D eigenvalue weighted by molar-refractivity contribution is 6.39. The van der Waals surface area contributed by atoms with Crippen LogP contribution in [-0.4, -0.2) is 53.2 Å². The van der Waals surface area contributed by atoms with Crippen molar-refractivity contribution >= 4 is 17.6 Å². The van der Waals surface area contributed by atoms with Gasteiger partial charge in [0.1, 0.15) is 5.82 Å². The maximum absolute atomic E-state index is 12.2. The monoisotopic (exact) mass is 333 g/mol. The number of aryl methyl sites for hydroxylation is 2. The molecule has 2 amide bonds. The fourth-order valence-electron chi connectivity index (χ4n) is 3.76. The summed E-state index contributed by atoms with van der Waals surface area (Å²) in [6.07, 6.45) is 6.39. The second kappa shape index (κ2) is 7.34. The van der Waals surface area contributed by atoms with Crippen molar-refractivity contribution in [2.24, 2.45) is 13.0 Å². The van der Waals surface area contributed by atoms with E-state index < -0.39 is 11.8 Å². The van der Waals surface area contributed by atoms with Crippen molar-refractivity contribution in [1.29, 1.82) is 0 Å². The Morgan fingerprint density at radius 3 is 2.83 bits per heavy atom. The van der Waals surface area contributed by atoms with Crippen LogP contribution in [0.4, 0.5) is 5.82 Å². The molecule has 7 heteroatoms. The van der Waals surface area contributed by atoms with Gasteiger partial charge in [-0.25, -0.2) is 0 Å². The first kappa shape index (κ1) is 17.0. The first-order valence-corrected chi connectivity index (χ1v) is 8.87. The van der Waals surface area contributed by atoms with Crippen LogP contribution >= 0.6 is 0 Å². The van der Waals surface area contributed by atoms with Crippen molar-refractivity contribution in [3.63, 3.8) is 0 Å². The quantitative estimate of drug-likeness (QED) is 0.798. The predicted octanol–water partition coefficient (Wildman–Crippen LogP) is 0.695. The number of anilines is 1. The number of likely N-dealkylation sites (tertiary alicyclic amines) is 1. The lowest BCUT2D eigenvalue weighted by Crippen LogP contribution is -2.40. The number of fused-ring (bicyclic) bond motifs is 1. The van der Waals surface area contributed by atoms with Gasteiger partial charge in [0, 0.05) is 25.7 Å². The molecule has 0 saturated carbocycles. The van der Waals surface area contributed by atoms with Crippen molar-refractivity contribution in [2.45, 2.75) is 38.5 Å². The van der Waals surface area contributed by atoms with Crippen LogP contribution in [0, 0.1) is 5.92 Å². The molecule has 0 spiro atoms. The van der Waals surface area contributed by atoms with Crippen LogP contribution in [-0.2, 0) is 29.5 Å². The molecule has 1 aliphatic carbocycles. The summed E-state index contributed by atoms with van der Waals surface area (Å²) in [5, 5.41) is 9.94. The first-order chi connectivity index (χ1) is 11.5. The van der Waals surface area contributed by atoms with Crippen LogP contribution in [0.2, 0.25) is 0 Å². The summed E-state index contributed by atoms with van der Waals surface area (Å²) in [5.74, 6) is -0.0865. The molecule has 1 saturated heterocycles. The normalized spacial score (nSPS) is 21.2. The maximum atomic E-state index is 12.2. The Kier molecular flexibility index (Phi) is 5.18. The van der Waals surface area contributed by atoms with Crippen molar-refractivity contribution in [3.05, 3.63) is 11.3 Å². The van der Waals surface area contributed by atoms with Gasteiger partial charge in [0.15, 0.2) is 0 Å². The molecule has 0 aromatic carbocycles. The lowest BCUT2D eigenvalue weighted by atomic mass is 10.0. The molecule has 1 unspecified atom stereocenters. The number of nitrogens with zero attached hydrogens (tertiary/aromatic N) is 3. The number of carbonyl (C=O) groups excluding carboxylic acids is 2. The van der Waals surface area contributed by atoms with Crippen LogP contribution in [0.25, 0.3) is 0 Å². The molecule has 0 bridgehead atoms. The average molecular weight is 333 g/mol. The van der Waals surface area contributed by atoms with Gasteiger partial charge in [-0.2, -0.15) is 5.10 Å². The van der Waals surface area contributed by atoms with Crippen LogP contribution in [0.5, 0.6) is 0 Å². The van der Waals surface area contributed by atoms with Gasteiger partial charge in [0.2, 0.25) is 0 Å². The minimum Gasteiger partial charge on any atom is -0.347 e. The first-order valence-electron chi connectivity index (χ1n) is 8.87. The Labute approximate surface area is 142 Å². The van der Waals surface area contributed by atoms with Crippen LogP contribution in [0.3, 0.4) is 0 Å². The van der Waals surface area contributed by atoms with Crippen molar-refractivity contribution < 1.29 is 9.59 Å². The minimum absolute atomic E-state index is 0.412. The Bertz CT molecular complexity index is 625. The number of aromatic nitrogens is 2. The van der Waals surface area contributed by atoms with Crippen LogP contribution < -0.4 is 10.6 Å². The van der Waals surface area contributed by atoms with E-state index in [2.05, 4.69) is 27.7 Å². The molecule has 1 aromatic heterocycles. The molecule has 132 valence electrons. The molecule has 1 atom stereocenters. The SMILES string of the molecule is CN1CCCCC(CNC(=O)C(=O)Nc2c3c(nn2C)CCC3)C1. The summed E-state index contributed by atoms with van der Waals surface area (Å²) in [7, 11) is 3.91. The molecule has 1 aliphatic heterocycles. The second-order valence-corrected chi connectivity index (χ2v) is 7.04. The molecule has 2 aliphatic rings. The third-order valence-corrected chi connectivity index (χ3v) is 5.03. The molecular formula is C17H27N5O2. The third-order valence-electron chi connectivity index (χ3n) is 5.03. The van der Waals surface area contributed by atoms with Crippen molar-refractivity contribution in [2.75, 3.05) is 32.0 Å². The van der Waals surface area contributed by atoms with E-state index in [-0.39, 0.29) is 0 Å². The summed E-state index contributed by atoms with van der Waals surface area (Å²) >= 11 is 0. The molecule has 1 fully saturated rings. The topological polar surface area (TPSA) is 79.3 Å². The lowest BCUT2D eigenvalue weighted by molar-refractivity contribution is -0.136. The Balaban J connectivity index is 1.53. The van der Waals surface area contributed by atoms with E-state index >= 15 is 0 Å². The van der Waals surface area contributed by atoms with Gasteiger partial charge in [-0.05, 0) is 51.6 Å². The number of hydrogen-bond donors (Lipinski definition) is 2. The van der Waals surface area contributed by atoms with Gasteiger partial charge < -0.3 is 15.5 Å². The van der Waals surface area contributed by atoms with E-state index in [1.54, 1.807) is 11.7 Å². The fraction of sp³-hybridized carbons (Fsp3) is 0.706. The second-order valence-electron chi connectivity index (χ2n) is 7.04. The van der Waals surface area contributed by atoms with E-state index in [9.17, 15) is 9.59 Å². The molecule has 2 N–H and O–H groups in total. The Morgan fingerprint density at radius 2 is 2.00 bits per heavy atom. The van der Waals surface area contributed by atoms with E-state index in [1.165, 1.54) is 12.8 Å². The van der Waals surface area contributed by atoms with Crippen molar-refractivity contribution in [3.8, 4) is 0 Å². The fourth-order valence-corrected chi connectivity index (χ4v) is 3.76. The highest BCUT2D eigenvalue weighted by atomic mass is 16.2. The molecule has 7 nitrogen and oxygen atoms in total. The standard InChI is InChI=1S/C17H27N5O2/c1-21-9-4-3-6-12(11-21)10-18-16(23)17(24)19-15-13-7-5-8-14(13)20-22(15)2/h12H,3-11H2,1-2H3,(H,18,23)(H,19,24). The van der Waals surface area contributed by atoms with Gasteiger partial charge in [0.25, 0.3) is 0 Å². The molecular weight excluding hydrogens is 306 g/mol. The largest absolute Gasteiger partial charge is 0.347 e. The third kappa shape index (κ3) is 3.77. The van der Waals surface area contributed by atoms with Crippen LogP contribution in [0.1, 0.15) is 36.9 Å². The smallest absolute Gasteiger partial charge is 0.314 e. The summed E-state index contributed by atoms with van der Waals surface area (Å²) in [6.45, 7) is 2.63. The van der Waals surface area contributed by atoms with Gasteiger partial charge in [-0.1, -0.05) is 6.42 Å². The molecule has 3 rings (SSSR count). The zero-order chi connectivity index (χ0) is 17.1. The van der Waals surface area contributed by atoms with Crippen LogP contribution in [0.15, 0.2) is 0 Å². The lowest BCUT2D eigenvalue weighted by Gasteiger charge is -2.20. The highest BCUT2D eigenvalue weighted by Gasteiger charge is 2.24. The molecule has 0 radical (unpaired) electrons. The maximum Gasteiger partial charge on any atom is 0.314 e. The summed E-state index contributed by atoms with van der Waals surface area (Å²) in [4.78, 5) is 26.6. The predicted molar refractivity (Wildman–Crippen MR) is 91.7 cm³/mol. The highest BCUT2D eigenvalue weighted by Crippen LogP contribution is 2.27. The zero-order valence-corrected chi connectivity index (χ0v) is 14.6. The van der Waals surface area contributed by atoms with E-state index in [4.69, 9.17) is 0 Å². The zero-order valence-electron chi connectivity index (χ0n) is 14.6. The number of amides is 2. The summed E-state index contributed by atoms with van der Waals surface area (Å²) in [6, 6.07) is 0. The number of nitrogens with one attached hydrogen (secondary N) is 2. The number of carbonyl (C=O) groups is 2. The number of rotatable bonds is 3. The van der Waals surface area contributed by atoms with Gasteiger partial charge in [-0.3, -0.25) is 14.3 Å². The van der Waals surface area contributed by atoms with Gasteiger partial charge >= 0.3 is 11.8 Å². The minimum atomic E-state index is -0.602. The molecule has 2 heterocycles.